The van der Waals surface area contributed by atoms with Gasteiger partial charge in [-0.3, -0.25) is 4.79 Å². The lowest BCUT2D eigenvalue weighted by Crippen LogP contribution is -2.49. The number of unbranched alkanes of at least 4 members (excludes halogenated alkanes) is 1. The molecule has 0 aromatic rings. The van der Waals surface area contributed by atoms with Crippen LogP contribution in [0.1, 0.15) is 26.2 Å². The van der Waals surface area contributed by atoms with Gasteiger partial charge in [-0.1, -0.05) is 6.92 Å². The van der Waals surface area contributed by atoms with Crippen LogP contribution in [0.5, 0.6) is 0 Å². The molecule has 0 saturated heterocycles. The average molecular weight is 365 g/mol. The van der Waals surface area contributed by atoms with Gasteiger partial charge in [0.25, 0.3) is 0 Å². The van der Waals surface area contributed by atoms with Crippen molar-refractivity contribution >= 4 is 12.0 Å². The van der Waals surface area contributed by atoms with Crippen LogP contribution in [0.25, 0.3) is 0 Å². The van der Waals surface area contributed by atoms with Crippen LogP contribution < -0.4 is 11.1 Å². The highest BCUT2D eigenvalue weighted by atomic mass is 16.4. The third-order valence-corrected chi connectivity index (χ3v) is 3.96. The lowest BCUT2D eigenvalue weighted by molar-refractivity contribution is -0.138. The number of urea groups is 1. The van der Waals surface area contributed by atoms with E-state index in [2.05, 4.69) is 5.32 Å². The molecule has 2 amide bonds. The number of amides is 2. The molecule has 0 rings (SSSR count). The minimum atomic E-state index is -1.49. The van der Waals surface area contributed by atoms with Gasteiger partial charge < -0.3 is 41.5 Å². The Balaban J connectivity index is 4.10. The largest absolute Gasteiger partial charge is 0.480 e. The first kappa shape index (κ1) is 23.5. The first-order chi connectivity index (χ1) is 11.6. The zero-order valence-corrected chi connectivity index (χ0v) is 14.7. The summed E-state index contributed by atoms with van der Waals surface area (Å²) in [5.74, 6) is -1.67. The number of aliphatic hydroxyl groups is 4. The summed E-state index contributed by atoms with van der Waals surface area (Å²) >= 11 is 0. The molecule has 0 heterocycles. The first-order valence-corrected chi connectivity index (χ1v) is 8.24. The quantitative estimate of drug-likeness (QED) is 0.193. The van der Waals surface area contributed by atoms with E-state index in [1.165, 1.54) is 14.0 Å². The summed E-state index contributed by atoms with van der Waals surface area (Å²) in [6.45, 7) is 1.30. The summed E-state index contributed by atoms with van der Waals surface area (Å²) in [7, 11) is 1.42. The monoisotopic (exact) mass is 365 g/mol. The molecule has 0 aliphatic rings. The van der Waals surface area contributed by atoms with Crippen LogP contribution in [0, 0.1) is 5.92 Å². The van der Waals surface area contributed by atoms with Gasteiger partial charge in [-0.15, -0.1) is 0 Å². The first-order valence-electron chi connectivity index (χ1n) is 8.24. The molecule has 10 heteroatoms. The van der Waals surface area contributed by atoms with Gasteiger partial charge in [0, 0.05) is 26.1 Å². The summed E-state index contributed by atoms with van der Waals surface area (Å²) in [4.78, 5) is 23.6. The van der Waals surface area contributed by atoms with Crippen LogP contribution in [0.15, 0.2) is 0 Å². The summed E-state index contributed by atoms with van der Waals surface area (Å²) < 4.78 is 0. The van der Waals surface area contributed by atoms with E-state index in [9.17, 15) is 24.9 Å². The van der Waals surface area contributed by atoms with Gasteiger partial charge >= 0.3 is 12.0 Å². The Morgan fingerprint density at radius 2 is 1.76 bits per heavy atom. The second kappa shape index (κ2) is 12.0. The molecule has 0 radical (unpaired) electrons. The lowest BCUT2D eigenvalue weighted by Gasteiger charge is -2.29. The van der Waals surface area contributed by atoms with E-state index >= 15 is 0 Å². The average Bonchev–Trinajstić information content (AvgIpc) is 2.58. The number of carbonyl (C=O) groups is 2. The number of carboxylic acid groups (broad SMARTS) is 1. The standard InChI is InChI=1S/C15H31N3O7/c1-9(8-19)12(21)13(22)11(20)7-18(2)15(25)17-6-4-3-5-10(16)14(23)24/h9-13,19-22H,3-8,16H2,1-2H3,(H,17,25)(H,23,24)/t9-,10+,11+,12-,13-/m1/s1. The van der Waals surface area contributed by atoms with E-state index in [4.69, 9.17) is 15.9 Å². The third-order valence-electron chi connectivity index (χ3n) is 3.96. The molecule has 0 unspecified atom stereocenters. The molecule has 10 nitrogen and oxygen atoms in total. The number of nitrogens with zero attached hydrogens (tertiary/aromatic N) is 1. The van der Waals surface area contributed by atoms with E-state index in [0.29, 0.717) is 25.8 Å². The summed E-state index contributed by atoms with van der Waals surface area (Å²) in [6, 6.07) is -1.39. The number of aliphatic hydroxyl groups excluding tert-OH is 4. The molecule has 25 heavy (non-hydrogen) atoms. The number of rotatable bonds is 12. The zero-order chi connectivity index (χ0) is 19.6. The highest BCUT2D eigenvalue weighted by Gasteiger charge is 2.30. The van der Waals surface area contributed by atoms with Crippen molar-refractivity contribution in [3.63, 3.8) is 0 Å². The predicted molar refractivity (Wildman–Crippen MR) is 89.8 cm³/mol. The predicted octanol–water partition coefficient (Wildman–Crippen LogP) is -2.08. The molecule has 0 aliphatic heterocycles. The second-order valence-corrected chi connectivity index (χ2v) is 6.26. The van der Waals surface area contributed by atoms with Gasteiger partial charge in [-0.25, -0.2) is 4.79 Å². The van der Waals surface area contributed by atoms with E-state index in [1.54, 1.807) is 0 Å². The number of carbonyl (C=O) groups excluding carboxylic acids is 1. The minimum Gasteiger partial charge on any atom is -0.480 e. The van der Waals surface area contributed by atoms with Crippen molar-refractivity contribution in [2.45, 2.75) is 50.5 Å². The molecule has 148 valence electrons. The molecule has 0 spiro atoms. The van der Waals surface area contributed by atoms with Gasteiger partial charge in [0.2, 0.25) is 0 Å². The fourth-order valence-corrected chi connectivity index (χ4v) is 2.09. The van der Waals surface area contributed by atoms with E-state index in [-0.39, 0.29) is 13.2 Å². The summed E-state index contributed by atoms with van der Waals surface area (Å²) in [6.07, 6.45) is -2.76. The number of hydrogen-bond acceptors (Lipinski definition) is 7. The molecule has 5 atom stereocenters. The molecule has 8 N–H and O–H groups in total. The van der Waals surface area contributed by atoms with Crippen molar-refractivity contribution in [3.05, 3.63) is 0 Å². The van der Waals surface area contributed by atoms with Crippen LogP contribution in [0.4, 0.5) is 4.79 Å². The minimum absolute atomic E-state index is 0.202. The van der Waals surface area contributed by atoms with Crippen molar-refractivity contribution in [1.29, 1.82) is 0 Å². The van der Waals surface area contributed by atoms with Crippen LogP contribution >= 0.6 is 0 Å². The van der Waals surface area contributed by atoms with E-state index in [1.807, 2.05) is 0 Å². The molecule has 0 fully saturated rings. The number of aliphatic carboxylic acids is 1. The molecular weight excluding hydrogens is 334 g/mol. The fourth-order valence-electron chi connectivity index (χ4n) is 2.09. The number of nitrogens with one attached hydrogen (secondary N) is 1. The third kappa shape index (κ3) is 8.98. The number of nitrogens with two attached hydrogens (primary N) is 1. The zero-order valence-electron chi connectivity index (χ0n) is 14.7. The van der Waals surface area contributed by atoms with Gasteiger partial charge in [-0.05, 0) is 19.3 Å². The molecular formula is C15H31N3O7. The number of carboxylic acids is 1. The van der Waals surface area contributed by atoms with Gasteiger partial charge in [0.05, 0.1) is 12.6 Å². The van der Waals surface area contributed by atoms with Gasteiger partial charge in [0.15, 0.2) is 0 Å². The lowest BCUT2D eigenvalue weighted by atomic mass is 9.97. The molecule has 0 aromatic carbocycles. The Labute approximate surface area is 147 Å². The van der Waals surface area contributed by atoms with Crippen LogP contribution in [-0.4, -0.2) is 93.5 Å². The normalized spacial score (nSPS) is 17.2. The van der Waals surface area contributed by atoms with Crippen molar-refractivity contribution in [2.24, 2.45) is 11.7 Å². The topological polar surface area (TPSA) is 177 Å². The Morgan fingerprint density at radius 1 is 1.16 bits per heavy atom. The maximum Gasteiger partial charge on any atom is 0.320 e. The number of likely N-dealkylation sites (N-methyl/N-ethyl adjacent to an activating group) is 1. The van der Waals surface area contributed by atoms with Gasteiger partial charge in [-0.2, -0.15) is 0 Å². The molecule has 0 aromatic heterocycles. The highest BCUT2D eigenvalue weighted by Crippen LogP contribution is 2.11. The maximum atomic E-state index is 11.9. The Bertz CT molecular complexity index is 411. The van der Waals surface area contributed by atoms with Crippen LogP contribution in [-0.2, 0) is 4.79 Å². The second-order valence-electron chi connectivity index (χ2n) is 6.26. The Kier molecular flexibility index (Phi) is 11.3. The van der Waals surface area contributed by atoms with Crippen molar-refractivity contribution < 1.29 is 35.1 Å². The van der Waals surface area contributed by atoms with E-state index in [0.717, 1.165) is 4.90 Å². The molecule has 0 aliphatic carbocycles. The SMILES string of the molecule is C[C@H](CO)[C@@H](O)[C@H](O)[C@@H](O)CN(C)C(=O)NCCCC[C@H](N)C(=O)O. The van der Waals surface area contributed by atoms with Crippen LogP contribution in [0.3, 0.4) is 0 Å². The van der Waals surface area contributed by atoms with E-state index < -0.39 is 42.3 Å². The smallest absolute Gasteiger partial charge is 0.320 e. The highest BCUT2D eigenvalue weighted by molar-refractivity contribution is 5.74. The summed E-state index contributed by atoms with van der Waals surface area (Å²) in [5, 5.41) is 49.7. The van der Waals surface area contributed by atoms with Crippen molar-refractivity contribution in [2.75, 3.05) is 26.7 Å². The Morgan fingerprint density at radius 3 is 2.28 bits per heavy atom. The van der Waals surface area contributed by atoms with Crippen molar-refractivity contribution in [3.8, 4) is 0 Å². The molecule has 0 saturated carbocycles. The van der Waals surface area contributed by atoms with Crippen molar-refractivity contribution in [1.82, 2.24) is 10.2 Å². The van der Waals surface area contributed by atoms with Gasteiger partial charge in [0.1, 0.15) is 18.2 Å². The molecule has 0 bridgehead atoms. The maximum absolute atomic E-state index is 11.9. The fraction of sp³-hybridized carbons (Fsp3) is 0.867. The Hall–Kier alpha value is -1.46. The number of hydrogen-bond donors (Lipinski definition) is 7. The van der Waals surface area contributed by atoms with Crippen LogP contribution in [0.2, 0.25) is 0 Å². The summed E-state index contributed by atoms with van der Waals surface area (Å²) in [5.41, 5.74) is 5.36.